The van der Waals surface area contributed by atoms with E-state index in [9.17, 15) is 18.0 Å². The van der Waals surface area contributed by atoms with Gasteiger partial charge < -0.3 is 14.8 Å². The first kappa shape index (κ1) is 19.7. The van der Waals surface area contributed by atoms with Gasteiger partial charge in [-0.15, -0.1) is 0 Å². The fraction of sp³-hybridized carbons (Fsp3) is 0.294. The van der Waals surface area contributed by atoms with Crippen LogP contribution in [0, 0.1) is 6.92 Å². The minimum atomic E-state index is -3.87. The molecule has 140 valence electrons. The number of carbonyl (C=O) groups excluding carboxylic acids is 1. The summed E-state index contributed by atoms with van der Waals surface area (Å²) in [4.78, 5) is 23.3. The van der Waals surface area contributed by atoms with Crippen molar-refractivity contribution in [1.82, 2.24) is 10.0 Å². The molecule has 0 saturated heterocycles. The van der Waals surface area contributed by atoms with Gasteiger partial charge in [-0.05, 0) is 43.2 Å². The number of aryl methyl sites for hydroxylation is 1. The quantitative estimate of drug-likeness (QED) is 0.639. The molecule has 0 fully saturated rings. The van der Waals surface area contributed by atoms with Crippen LogP contribution < -0.4 is 10.0 Å². The van der Waals surface area contributed by atoms with Crippen LogP contribution >= 0.6 is 0 Å². The number of furan rings is 1. The molecule has 1 heterocycles. The number of carboxylic acids is 1. The van der Waals surface area contributed by atoms with Crippen LogP contribution in [0.2, 0.25) is 0 Å². The Morgan fingerprint density at radius 1 is 1.27 bits per heavy atom. The summed E-state index contributed by atoms with van der Waals surface area (Å²) in [7, 11) is -3.87. The van der Waals surface area contributed by atoms with Crippen LogP contribution in [0.15, 0.2) is 45.9 Å². The van der Waals surface area contributed by atoms with Gasteiger partial charge in [0.25, 0.3) is 5.91 Å². The van der Waals surface area contributed by atoms with Crippen molar-refractivity contribution < 1.29 is 27.5 Å². The molecule has 1 atom stereocenters. The molecule has 3 N–H and O–H groups in total. The predicted octanol–water partition coefficient (Wildman–Crippen LogP) is 1.66. The molecule has 8 nitrogen and oxygen atoms in total. The number of benzene rings is 1. The maximum absolute atomic E-state index is 12.4. The highest BCUT2D eigenvalue weighted by Gasteiger charge is 2.22. The van der Waals surface area contributed by atoms with Gasteiger partial charge in [-0.3, -0.25) is 4.79 Å². The molecule has 26 heavy (non-hydrogen) atoms. The highest BCUT2D eigenvalue weighted by molar-refractivity contribution is 7.89. The average molecular weight is 380 g/mol. The Morgan fingerprint density at radius 2 is 2.00 bits per heavy atom. The predicted molar refractivity (Wildman–Crippen MR) is 93.1 cm³/mol. The summed E-state index contributed by atoms with van der Waals surface area (Å²) in [5, 5.41) is 11.4. The van der Waals surface area contributed by atoms with E-state index in [1.54, 1.807) is 26.0 Å². The van der Waals surface area contributed by atoms with Gasteiger partial charge in [0.05, 0.1) is 17.7 Å². The van der Waals surface area contributed by atoms with Gasteiger partial charge in [0, 0.05) is 5.56 Å². The number of carboxylic acid groups (broad SMARTS) is 1. The zero-order chi connectivity index (χ0) is 19.3. The van der Waals surface area contributed by atoms with E-state index < -0.39 is 27.9 Å². The SMILES string of the molecule is CCC(NC(=O)c1cc(S(=O)(=O)NCc2ccco2)ccc1C)C(=O)O. The topological polar surface area (TPSA) is 126 Å². The van der Waals surface area contributed by atoms with E-state index in [0.717, 1.165) is 0 Å². The lowest BCUT2D eigenvalue weighted by atomic mass is 10.1. The molecular weight excluding hydrogens is 360 g/mol. The van der Waals surface area contributed by atoms with E-state index in [-0.39, 0.29) is 23.4 Å². The monoisotopic (exact) mass is 380 g/mol. The highest BCUT2D eigenvalue weighted by Crippen LogP contribution is 2.16. The smallest absolute Gasteiger partial charge is 0.326 e. The van der Waals surface area contributed by atoms with Crippen molar-refractivity contribution in [2.24, 2.45) is 0 Å². The third-order valence-electron chi connectivity index (χ3n) is 3.79. The molecule has 0 radical (unpaired) electrons. The number of nitrogens with one attached hydrogen (secondary N) is 2. The van der Waals surface area contributed by atoms with E-state index in [0.29, 0.717) is 11.3 Å². The molecule has 0 spiro atoms. The zero-order valence-corrected chi connectivity index (χ0v) is 15.2. The zero-order valence-electron chi connectivity index (χ0n) is 14.4. The van der Waals surface area contributed by atoms with Gasteiger partial charge in [-0.25, -0.2) is 17.9 Å². The van der Waals surface area contributed by atoms with E-state index in [1.165, 1.54) is 24.5 Å². The number of aliphatic carboxylic acids is 1. The Morgan fingerprint density at radius 3 is 2.58 bits per heavy atom. The van der Waals surface area contributed by atoms with Gasteiger partial charge in [-0.1, -0.05) is 13.0 Å². The first-order valence-corrected chi connectivity index (χ1v) is 9.39. The molecular formula is C17H20N2O6S. The molecule has 1 aromatic heterocycles. The molecule has 1 aromatic carbocycles. The Kier molecular flexibility index (Phi) is 6.17. The Balaban J connectivity index is 2.22. The molecule has 0 aliphatic heterocycles. The summed E-state index contributed by atoms with van der Waals surface area (Å²) >= 11 is 0. The molecule has 1 amide bonds. The van der Waals surface area contributed by atoms with E-state index in [1.807, 2.05) is 0 Å². The summed E-state index contributed by atoms with van der Waals surface area (Å²) < 4.78 is 32.3. The molecule has 0 aliphatic rings. The molecule has 2 rings (SSSR count). The molecule has 2 aromatic rings. The van der Waals surface area contributed by atoms with Crippen molar-refractivity contribution >= 4 is 21.9 Å². The first-order chi connectivity index (χ1) is 12.2. The lowest BCUT2D eigenvalue weighted by Crippen LogP contribution is -2.40. The van der Waals surface area contributed by atoms with Crippen molar-refractivity contribution in [3.63, 3.8) is 0 Å². The van der Waals surface area contributed by atoms with Crippen LogP contribution in [0.3, 0.4) is 0 Å². The van der Waals surface area contributed by atoms with Gasteiger partial charge in [0.1, 0.15) is 11.8 Å². The normalized spacial score (nSPS) is 12.5. The lowest BCUT2D eigenvalue weighted by molar-refractivity contribution is -0.139. The number of carbonyl (C=O) groups is 2. The third kappa shape index (κ3) is 4.70. The van der Waals surface area contributed by atoms with Crippen molar-refractivity contribution in [3.05, 3.63) is 53.5 Å². The van der Waals surface area contributed by atoms with Crippen LogP contribution in [-0.4, -0.2) is 31.4 Å². The van der Waals surface area contributed by atoms with Gasteiger partial charge in [-0.2, -0.15) is 0 Å². The summed E-state index contributed by atoms with van der Waals surface area (Å²) in [6.07, 6.45) is 1.65. The minimum Gasteiger partial charge on any atom is -0.480 e. The van der Waals surface area contributed by atoms with Gasteiger partial charge in [0.2, 0.25) is 10.0 Å². The Labute approximate surface area is 151 Å². The van der Waals surface area contributed by atoms with E-state index in [4.69, 9.17) is 9.52 Å². The Hall–Kier alpha value is -2.65. The number of amides is 1. The minimum absolute atomic E-state index is 0.0261. The van der Waals surface area contributed by atoms with E-state index >= 15 is 0 Å². The van der Waals surface area contributed by atoms with E-state index in [2.05, 4.69) is 10.0 Å². The number of sulfonamides is 1. The molecule has 0 saturated carbocycles. The second-order valence-electron chi connectivity index (χ2n) is 5.65. The fourth-order valence-corrected chi connectivity index (χ4v) is 3.27. The van der Waals surface area contributed by atoms with Crippen LogP contribution in [0.4, 0.5) is 0 Å². The number of hydrogen-bond acceptors (Lipinski definition) is 5. The summed E-state index contributed by atoms with van der Waals surface area (Å²) in [6, 6.07) is 6.34. The molecule has 1 unspecified atom stereocenters. The van der Waals surface area contributed by atoms with Crippen molar-refractivity contribution in [2.75, 3.05) is 0 Å². The van der Waals surface area contributed by atoms with Crippen LogP contribution in [0.5, 0.6) is 0 Å². The first-order valence-electron chi connectivity index (χ1n) is 7.91. The number of hydrogen-bond donors (Lipinski definition) is 3. The van der Waals surface area contributed by atoms with Gasteiger partial charge >= 0.3 is 5.97 Å². The van der Waals surface area contributed by atoms with Crippen molar-refractivity contribution in [1.29, 1.82) is 0 Å². The van der Waals surface area contributed by atoms with Crippen LogP contribution in [-0.2, 0) is 21.4 Å². The second-order valence-corrected chi connectivity index (χ2v) is 7.42. The summed E-state index contributed by atoms with van der Waals surface area (Å²) in [5.41, 5.74) is 0.637. The standard InChI is InChI=1S/C17H20N2O6S/c1-3-15(17(21)22)19-16(20)14-9-13(7-6-11(14)2)26(23,24)18-10-12-5-4-8-25-12/h4-9,15,18H,3,10H2,1-2H3,(H,19,20)(H,21,22). The largest absolute Gasteiger partial charge is 0.480 e. The van der Waals surface area contributed by atoms with Crippen LogP contribution in [0.25, 0.3) is 0 Å². The number of rotatable bonds is 8. The van der Waals surface area contributed by atoms with Crippen molar-refractivity contribution in [2.45, 2.75) is 37.8 Å². The average Bonchev–Trinajstić information content (AvgIpc) is 3.11. The summed E-state index contributed by atoms with van der Waals surface area (Å²) in [5.74, 6) is -1.34. The molecule has 0 aliphatic carbocycles. The highest BCUT2D eigenvalue weighted by atomic mass is 32.2. The fourth-order valence-electron chi connectivity index (χ4n) is 2.25. The Bertz CT molecular complexity index is 890. The second kappa shape index (κ2) is 8.15. The van der Waals surface area contributed by atoms with Gasteiger partial charge in [0.15, 0.2) is 0 Å². The summed E-state index contributed by atoms with van der Waals surface area (Å²) in [6.45, 7) is 3.25. The maximum atomic E-state index is 12.4. The lowest BCUT2D eigenvalue weighted by Gasteiger charge is -2.14. The maximum Gasteiger partial charge on any atom is 0.326 e. The van der Waals surface area contributed by atoms with Crippen LogP contribution in [0.1, 0.15) is 35.0 Å². The van der Waals surface area contributed by atoms with Crippen molar-refractivity contribution in [3.8, 4) is 0 Å². The third-order valence-corrected chi connectivity index (χ3v) is 5.19. The molecule has 0 bridgehead atoms. The molecule has 9 heteroatoms.